The lowest BCUT2D eigenvalue weighted by atomic mass is 10.2. The Morgan fingerprint density at radius 3 is 2.50 bits per heavy atom. The largest absolute Gasteiger partial charge is 0.373 e. The van der Waals surface area contributed by atoms with Gasteiger partial charge in [-0.2, -0.15) is 5.26 Å². The van der Waals surface area contributed by atoms with E-state index < -0.39 is 0 Å². The Kier molecular flexibility index (Phi) is 4.72. The molecule has 1 aliphatic rings. The molecule has 0 spiro atoms. The maximum atomic E-state index is 12.0. The van der Waals surface area contributed by atoms with E-state index in [9.17, 15) is 4.79 Å². The lowest BCUT2D eigenvalue weighted by molar-refractivity contribution is -0.121. The molecule has 1 aromatic rings. The predicted octanol–water partition coefficient (Wildman–Crippen LogP) is 1.61. The maximum absolute atomic E-state index is 12.0. The molecule has 2 atom stereocenters. The first-order valence-corrected chi connectivity index (χ1v) is 6.74. The number of morpholine rings is 1. The summed E-state index contributed by atoms with van der Waals surface area (Å²) >= 11 is 0. The van der Waals surface area contributed by atoms with Gasteiger partial charge in [0.15, 0.2) is 0 Å². The van der Waals surface area contributed by atoms with E-state index in [1.807, 2.05) is 19.9 Å². The molecule has 0 saturated carbocycles. The van der Waals surface area contributed by atoms with Crippen LogP contribution in [-0.2, 0) is 9.53 Å². The van der Waals surface area contributed by atoms with Gasteiger partial charge in [0.1, 0.15) is 0 Å². The average molecular weight is 273 g/mol. The normalized spacial score (nSPS) is 23.1. The lowest BCUT2D eigenvalue weighted by Crippen LogP contribution is -2.48. The van der Waals surface area contributed by atoms with Crippen LogP contribution in [0.2, 0.25) is 0 Å². The zero-order valence-corrected chi connectivity index (χ0v) is 11.8. The minimum Gasteiger partial charge on any atom is -0.373 e. The molecular weight excluding hydrogens is 254 g/mol. The number of hydrogen-bond acceptors (Lipinski definition) is 4. The molecule has 1 N–H and O–H groups in total. The molecule has 20 heavy (non-hydrogen) atoms. The third kappa shape index (κ3) is 4.05. The van der Waals surface area contributed by atoms with Gasteiger partial charge >= 0.3 is 0 Å². The molecule has 1 heterocycles. The number of nitrogens with one attached hydrogen (secondary N) is 1. The Bertz CT molecular complexity index is 497. The van der Waals surface area contributed by atoms with Crippen molar-refractivity contribution in [2.75, 3.05) is 25.0 Å². The quantitative estimate of drug-likeness (QED) is 0.908. The van der Waals surface area contributed by atoms with Crippen molar-refractivity contribution in [3.8, 4) is 6.07 Å². The van der Waals surface area contributed by atoms with Gasteiger partial charge in [0.25, 0.3) is 0 Å². The number of rotatable bonds is 3. The number of carbonyl (C=O) groups excluding carboxylic acids is 1. The van der Waals surface area contributed by atoms with Gasteiger partial charge in [0.05, 0.1) is 30.4 Å². The first kappa shape index (κ1) is 14.5. The van der Waals surface area contributed by atoms with Crippen molar-refractivity contribution in [1.29, 1.82) is 5.26 Å². The Labute approximate surface area is 119 Å². The van der Waals surface area contributed by atoms with Gasteiger partial charge in [-0.1, -0.05) is 0 Å². The summed E-state index contributed by atoms with van der Waals surface area (Å²) in [5.41, 5.74) is 1.29. The second kappa shape index (κ2) is 6.51. The summed E-state index contributed by atoms with van der Waals surface area (Å²) in [4.78, 5) is 14.1. The zero-order valence-electron chi connectivity index (χ0n) is 11.8. The number of ether oxygens (including phenoxy) is 1. The summed E-state index contributed by atoms with van der Waals surface area (Å²) in [6.07, 6.45) is 0.308. The van der Waals surface area contributed by atoms with E-state index in [0.717, 1.165) is 13.1 Å². The second-order valence-electron chi connectivity index (χ2n) is 5.19. The highest BCUT2D eigenvalue weighted by molar-refractivity contribution is 5.92. The van der Waals surface area contributed by atoms with Crippen molar-refractivity contribution in [3.63, 3.8) is 0 Å². The summed E-state index contributed by atoms with van der Waals surface area (Å²) < 4.78 is 5.64. The standard InChI is InChI=1S/C15H19N3O2/c1-11-8-18(9-12(2)20-11)10-15(19)17-14-5-3-13(7-16)4-6-14/h3-6,11-12H,8-10H2,1-2H3,(H,17,19)/t11-,12-/m1/s1. The van der Waals surface area contributed by atoms with Gasteiger partial charge in [-0.25, -0.2) is 0 Å². The molecule has 0 aliphatic carbocycles. The fraction of sp³-hybridized carbons (Fsp3) is 0.467. The van der Waals surface area contributed by atoms with Crippen LogP contribution in [0.25, 0.3) is 0 Å². The molecule has 0 radical (unpaired) electrons. The van der Waals surface area contributed by atoms with Crippen LogP contribution in [0.1, 0.15) is 19.4 Å². The molecular formula is C15H19N3O2. The Balaban J connectivity index is 1.87. The van der Waals surface area contributed by atoms with Gasteiger partial charge in [-0.3, -0.25) is 9.69 Å². The van der Waals surface area contributed by atoms with Gasteiger partial charge in [-0.15, -0.1) is 0 Å². The number of nitrogens with zero attached hydrogens (tertiary/aromatic N) is 2. The Hall–Kier alpha value is -1.90. The molecule has 0 aromatic heterocycles. The molecule has 5 heteroatoms. The zero-order chi connectivity index (χ0) is 14.5. The van der Waals surface area contributed by atoms with Crippen LogP contribution in [-0.4, -0.2) is 42.6 Å². The number of amides is 1. The predicted molar refractivity (Wildman–Crippen MR) is 76.2 cm³/mol. The van der Waals surface area contributed by atoms with Crippen molar-refractivity contribution < 1.29 is 9.53 Å². The molecule has 1 aliphatic heterocycles. The molecule has 1 fully saturated rings. The van der Waals surface area contributed by atoms with Gasteiger partial charge in [0, 0.05) is 18.8 Å². The Morgan fingerprint density at radius 1 is 1.35 bits per heavy atom. The molecule has 0 unspecified atom stereocenters. The van der Waals surface area contributed by atoms with E-state index in [2.05, 4.69) is 10.2 Å². The van der Waals surface area contributed by atoms with Gasteiger partial charge < -0.3 is 10.1 Å². The summed E-state index contributed by atoms with van der Waals surface area (Å²) in [5, 5.41) is 11.6. The van der Waals surface area contributed by atoms with Crippen LogP contribution in [0.5, 0.6) is 0 Å². The van der Waals surface area contributed by atoms with Gasteiger partial charge in [-0.05, 0) is 38.1 Å². The average Bonchev–Trinajstić information content (AvgIpc) is 2.38. The maximum Gasteiger partial charge on any atom is 0.238 e. The molecule has 2 rings (SSSR count). The van der Waals surface area contributed by atoms with Crippen LogP contribution < -0.4 is 5.32 Å². The van der Waals surface area contributed by atoms with Crippen LogP contribution in [0, 0.1) is 11.3 Å². The highest BCUT2D eigenvalue weighted by atomic mass is 16.5. The highest BCUT2D eigenvalue weighted by Gasteiger charge is 2.23. The van der Waals surface area contributed by atoms with Crippen molar-refractivity contribution >= 4 is 11.6 Å². The number of benzene rings is 1. The summed E-state index contributed by atoms with van der Waals surface area (Å²) in [6.45, 7) is 5.93. The van der Waals surface area contributed by atoms with Gasteiger partial charge in [0.2, 0.25) is 5.91 Å². The molecule has 0 bridgehead atoms. The van der Waals surface area contributed by atoms with Crippen LogP contribution in [0.4, 0.5) is 5.69 Å². The van der Waals surface area contributed by atoms with E-state index in [-0.39, 0.29) is 18.1 Å². The van der Waals surface area contributed by atoms with Crippen LogP contribution in [0.15, 0.2) is 24.3 Å². The molecule has 1 saturated heterocycles. The minimum absolute atomic E-state index is 0.0454. The van der Waals surface area contributed by atoms with Crippen LogP contribution >= 0.6 is 0 Å². The third-order valence-corrected chi connectivity index (χ3v) is 3.16. The second-order valence-corrected chi connectivity index (χ2v) is 5.19. The van der Waals surface area contributed by atoms with Crippen molar-refractivity contribution in [3.05, 3.63) is 29.8 Å². The van der Waals surface area contributed by atoms with E-state index in [1.165, 1.54) is 0 Å². The Morgan fingerprint density at radius 2 is 1.95 bits per heavy atom. The highest BCUT2D eigenvalue weighted by Crippen LogP contribution is 2.12. The molecule has 1 aromatic carbocycles. The topological polar surface area (TPSA) is 65.4 Å². The minimum atomic E-state index is -0.0454. The first-order valence-electron chi connectivity index (χ1n) is 6.74. The summed E-state index contributed by atoms with van der Waals surface area (Å²) in [5.74, 6) is -0.0454. The number of anilines is 1. The first-order chi connectivity index (χ1) is 9.56. The number of nitriles is 1. The van der Waals surface area contributed by atoms with E-state index in [1.54, 1.807) is 24.3 Å². The van der Waals surface area contributed by atoms with E-state index >= 15 is 0 Å². The van der Waals surface area contributed by atoms with E-state index in [0.29, 0.717) is 17.8 Å². The fourth-order valence-corrected chi connectivity index (χ4v) is 2.45. The third-order valence-electron chi connectivity index (χ3n) is 3.16. The van der Waals surface area contributed by atoms with Crippen LogP contribution in [0.3, 0.4) is 0 Å². The fourth-order valence-electron chi connectivity index (χ4n) is 2.45. The SMILES string of the molecule is C[C@@H]1CN(CC(=O)Nc2ccc(C#N)cc2)C[C@@H](C)O1. The van der Waals surface area contributed by atoms with Crippen molar-refractivity contribution in [2.45, 2.75) is 26.1 Å². The smallest absolute Gasteiger partial charge is 0.238 e. The van der Waals surface area contributed by atoms with Crippen molar-refractivity contribution in [1.82, 2.24) is 4.90 Å². The lowest BCUT2D eigenvalue weighted by Gasteiger charge is -2.34. The van der Waals surface area contributed by atoms with Crippen molar-refractivity contribution in [2.24, 2.45) is 0 Å². The van der Waals surface area contributed by atoms with E-state index in [4.69, 9.17) is 10.00 Å². The number of hydrogen-bond donors (Lipinski definition) is 1. The molecule has 5 nitrogen and oxygen atoms in total. The molecule has 1 amide bonds. The molecule has 106 valence electrons. The number of carbonyl (C=O) groups is 1. The monoisotopic (exact) mass is 273 g/mol. The summed E-state index contributed by atoms with van der Waals surface area (Å²) in [6, 6.07) is 8.90. The summed E-state index contributed by atoms with van der Waals surface area (Å²) in [7, 11) is 0.